The molecule has 0 bridgehead atoms. The summed E-state index contributed by atoms with van der Waals surface area (Å²) in [5, 5.41) is 2.13. The van der Waals surface area contributed by atoms with Gasteiger partial charge in [-0.15, -0.1) is 11.3 Å². The van der Waals surface area contributed by atoms with Gasteiger partial charge in [-0.25, -0.2) is 0 Å². The number of carbonyl (C=O) groups excluding carboxylic acids is 1. The normalized spacial score (nSPS) is 29.8. The Morgan fingerprint density at radius 1 is 1.50 bits per heavy atom. The lowest BCUT2D eigenvalue weighted by Crippen LogP contribution is -2.21. The summed E-state index contributed by atoms with van der Waals surface area (Å²) < 4.78 is 0. The molecule has 0 aliphatic heterocycles. The molecule has 1 unspecified atom stereocenters. The minimum atomic E-state index is 0.260. The molecule has 2 heteroatoms. The first-order chi connectivity index (χ1) is 6.69. The van der Waals surface area contributed by atoms with Crippen LogP contribution in [0.2, 0.25) is 0 Å². The van der Waals surface area contributed by atoms with E-state index in [4.69, 9.17) is 0 Å². The fourth-order valence-corrected chi connectivity index (χ4v) is 3.69. The van der Waals surface area contributed by atoms with Crippen molar-refractivity contribution in [2.75, 3.05) is 0 Å². The van der Waals surface area contributed by atoms with Gasteiger partial charge in [-0.2, -0.15) is 0 Å². The highest BCUT2D eigenvalue weighted by Crippen LogP contribution is 2.52. The Balaban J connectivity index is 2.20. The third-order valence-corrected chi connectivity index (χ3v) is 4.44. The Kier molecular flexibility index (Phi) is 1.55. The summed E-state index contributed by atoms with van der Waals surface area (Å²) in [4.78, 5) is 12.8. The summed E-state index contributed by atoms with van der Waals surface area (Å²) in [6, 6.07) is 2.20. The van der Waals surface area contributed by atoms with Crippen LogP contribution < -0.4 is 0 Å². The minimum Gasteiger partial charge on any atom is -0.295 e. The molecule has 1 aromatic heterocycles. The van der Waals surface area contributed by atoms with E-state index in [-0.39, 0.29) is 5.41 Å². The van der Waals surface area contributed by atoms with Crippen molar-refractivity contribution in [1.29, 1.82) is 0 Å². The molecule has 72 valence electrons. The molecular weight excluding hydrogens is 192 g/mol. The quantitative estimate of drug-likeness (QED) is 0.634. The summed E-state index contributed by atoms with van der Waals surface area (Å²) in [7, 11) is 0. The largest absolute Gasteiger partial charge is 0.295 e. The number of thiophene rings is 1. The van der Waals surface area contributed by atoms with Gasteiger partial charge in [0.1, 0.15) is 0 Å². The molecule has 1 heterocycles. The minimum absolute atomic E-state index is 0.260. The highest BCUT2D eigenvalue weighted by Gasteiger charge is 2.41. The van der Waals surface area contributed by atoms with Gasteiger partial charge in [0.05, 0.1) is 0 Å². The van der Waals surface area contributed by atoms with Crippen LogP contribution in [0.15, 0.2) is 17.5 Å². The molecule has 1 nitrogen and oxygen atoms in total. The Hall–Kier alpha value is -0.890. The predicted molar refractivity (Wildman–Crippen MR) is 58.3 cm³/mol. The van der Waals surface area contributed by atoms with Crippen LogP contribution >= 0.6 is 11.3 Å². The van der Waals surface area contributed by atoms with Crippen molar-refractivity contribution in [2.45, 2.75) is 26.2 Å². The number of allylic oxidation sites excluding steroid dienone is 2. The molecule has 2 aliphatic rings. The van der Waals surface area contributed by atoms with Crippen molar-refractivity contribution in [3.8, 4) is 0 Å². The Bertz CT molecular complexity index is 441. The molecule has 0 fully saturated rings. The summed E-state index contributed by atoms with van der Waals surface area (Å²) in [6.07, 6.45) is 4.77. The van der Waals surface area contributed by atoms with Gasteiger partial charge in [-0.05, 0) is 46.9 Å². The highest BCUT2D eigenvalue weighted by atomic mass is 32.1. The molecule has 0 spiro atoms. The molecule has 1 aromatic rings. The maximum absolute atomic E-state index is 11.4. The third kappa shape index (κ3) is 0.976. The molecule has 0 aromatic carbocycles. The fourth-order valence-electron chi connectivity index (χ4n) is 2.60. The van der Waals surface area contributed by atoms with Gasteiger partial charge in [-0.3, -0.25) is 4.79 Å². The van der Waals surface area contributed by atoms with E-state index in [1.54, 1.807) is 11.3 Å². The molecule has 0 N–H and O–H groups in total. The number of ketones is 1. The van der Waals surface area contributed by atoms with Crippen LogP contribution in [0, 0.1) is 5.41 Å². The van der Waals surface area contributed by atoms with E-state index in [1.807, 2.05) is 6.08 Å². The second kappa shape index (κ2) is 2.57. The number of hydrogen-bond donors (Lipinski definition) is 0. The van der Waals surface area contributed by atoms with Crippen molar-refractivity contribution in [2.24, 2.45) is 5.41 Å². The molecule has 2 aliphatic carbocycles. The molecule has 0 saturated carbocycles. The predicted octanol–water partition coefficient (Wildman–Crippen LogP) is 3.06. The average Bonchev–Trinajstić information content (AvgIpc) is 2.65. The van der Waals surface area contributed by atoms with E-state index in [0.29, 0.717) is 5.78 Å². The van der Waals surface area contributed by atoms with Crippen molar-refractivity contribution in [3.63, 3.8) is 0 Å². The molecule has 0 amide bonds. The zero-order valence-corrected chi connectivity index (χ0v) is 8.99. The van der Waals surface area contributed by atoms with E-state index in [0.717, 1.165) is 19.3 Å². The van der Waals surface area contributed by atoms with E-state index in [9.17, 15) is 4.79 Å². The first kappa shape index (κ1) is 8.42. The maximum Gasteiger partial charge on any atom is 0.156 e. The number of fused-ring (bicyclic) bond motifs is 3. The van der Waals surface area contributed by atoms with Crippen LogP contribution in [-0.4, -0.2) is 5.78 Å². The molecular formula is C12H12OS. The van der Waals surface area contributed by atoms with Gasteiger partial charge in [0, 0.05) is 11.3 Å². The highest BCUT2D eigenvalue weighted by molar-refractivity contribution is 7.11. The summed E-state index contributed by atoms with van der Waals surface area (Å²) in [6.45, 7) is 2.29. The lowest BCUT2D eigenvalue weighted by atomic mass is 9.75. The van der Waals surface area contributed by atoms with Gasteiger partial charge in [0.15, 0.2) is 5.78 Å². The van der Waals surface area contributed by atoms with Crippen LogP contribution in [0.25, 0.3) is 5.57 Å². The monoisotopic (exact) mass is 204 g/mol. The SMILES string of the molecule is CC12CCC(=O)C=C1c1sccc1C2. The van der Waals surface area contributed by atoms with Crippen LogP contribution in [0.3, 0.4) is 0 Å². The van der Waals surface area contributed by atoms with Gasteiger partial charge in [0.25, 0.3) is 0 Å². The smallest absolute Gasteiger partial charge is 0.156 e. The Labute approximate surface area is 87.5 Å². The third-order valence-electron chi connectivity index (χ3n) is 3.45. The molecule has 3 rings (SSSR count). The number of rotatable bonds is 0. The van der Waals surface area contributed by atoms with Crippen LogP contribution in [0.4, 0.5) is 0 Å². The number of hydrogen-bond acceptors (Lipinski definition) is 2. The molecule has 1 atom stereocenters. The van der Waals surface area contributed by atoms with Crippen molar-refractivity contribution in [1.82, 2.24) is 0 Å². The topological polar surface area (TPSA) is 17.1 Å². The zero-order valence-electron chi connectivity index (χ0n) is 8.17. The molecule has 0 radical (unpaired) electrons. The maximum atomic E-state index is 11.4. The van der Waals surface area contributed by atoms with E-state index >= 15 is 0 Å². The van der Waals surface area contributed by atoms with E-state index in [1.165, 1.54) is 16.0 Å². The van der Waals surface area contributed by atoms with Gasteiger partial charge >= 0.3 is 0 Å². The van der Waals surface area contributed by atoms with Crippen molar-refractivity contribution in [3.05, 3.63) is 28.0 Å². The van der Waals surface area contributed by atoms with Gasteiger partial charge in [-0.1, -0.05) is 6.92 Å². The first-order valence-corrected chi connectivity index (χ1v) is 5.89. The molecule has 0 saturated heterocycles. The Morgan fingerprint density at radius 2 is 2.36 bits per heavy atom. The van der Waals surface area contributed by atoms with Gasteiger partial charge < -0.3 is 0 Å². The van der Waals surface area contributed by atoms with Gasteiger partial charge in [0.2, 0.25) is 0 Å². The second-order valence-corrected chi connectivity index (χ2v) is 5.45. The summed E-state index contributed by atoms with van der Waals surface area (Å²) in [5.74, 6) is 0.304. The standard InChI is InChI=1S/C12H12OS/c1-12-4-2-9(13)6-10(12)11-8(7-12)3-5-14-11/h3,5-6H,2,4,7H2,1H3. The van der Waals surface area contributed by atoms with Crippen LogP contribution in [0.5, 0.6) is 0 Å². The average molecular weight is 204 g/mol. The van der Waals surface area contributed by atoms with Crippen molar-refractivity contribution < 1.29 is 4.79 Å². The lowest BCUT2D eigenvalue weighted by molar-refractivity contribution is -0.115. The lowest BCUT2D eigenvalue weighted by Gasteiger charge is -2.29. The molecule has 14 heavy (non-hydrogen) atoms. The van der Waals surface area contributed by atoms with Crippen LogP contribution in [-0.2, 0) is 11.2 Å². The fraction of sp³-hybridized carbons (Fsp3) is 0.417. The first-order valence-electron chi connectivity index (χ1n) is 5.01. The zero-order chi connectivity index (χ0) is 9.76. The van der Waals surface area contributed by atoms with Crippen LogP contribution in [0.1, 0.15) is 30.2 Å². The summed E-state index contributed by atoms with van der Waals surface area (Å²) >= 11 is 1.78. The van der Waals surface area contributed by atoms with E-state index < -0.39 is 0 Å². The second-order valence-electron chi connectivity index (χ2n) is 4.54. The Morgan fingerprint density at radius 3 is 3.21 bits per heavy atom. The van der Waals surface area contributed by atoms with Crippen molar-refractivity contribution >= 4 is 22.7 Å². The number of carbonyl (C=O) groups is 1. The summed E-state index contributed by atoms with van der Waals surface area (Å²) in [5.41, 5.74) is 3.01. The van der Waals surface area contributed by atoms with E-state index in [2.05, 4.69) is 18.4 Å².